The van der Waals surface area contributed by atoms with Crippen molar-refractivity contribution in [2.45, 2.75) is 19.4 Å². The van der Waals surface area contributed by atoms with Crippen molar-refractivity contribution < 1.29 is 4.74 Å². The van der Waals surface area contributed by atoms with Crippen LogP contribution in [0.25, 0.3) is 0 Å². The highest BCUT2D eigenvalue weighted by Gasteiger charge is 2.34. The van der Waals surface area contributed by atoms with E-state index in [4.69, 9.17) is 10.5 Å². The summed E-state index contributed by atoms with van der Waals surface area (Å²) in [5, 5.41) is 11.5. The lowest BCUT2D eigenvalue weighted by Gasteiger charge is -2.26. The molecule has 1 atom stereocenters. The third kappa shape index (κ3) is 2.90. The molecule has 0 amide bonds. The Balaban J connectivity index is 1.92. The van der Waals surface area contributed by atoms with Gasteiger partial charge in [-0.15, -0.1) is 11.3 Å². The Morgan fingerprint density at radius 2 is 2.22 bits per heavy atom. The number of nitrogens with zero attached hydrogens (tertiary/aromatic N) is 3. The van der Waals surface area contributed by atoms with Gasteiger partial charge in [-0.1, -0.05) is 12.1 Å². The summed E-state index contributed by atoms with van der Waals surface area (Å²) in [4.78, 5) is 18.6. The smallest absolute Gasteiger partial charge is 0.259 e. The topological polar surface area (TPSA) is 93.9 Å². The average molecular weight is 376 g/mol. The lowest BCUT2D eigenvalue weighted by Crippen LogP contribution is -2.32. The lowest BCUT2D eigenvalue weighted by atomic mass is 9.88. The van der Waals surface area contributed by atoms with E-state index in [1.807, 2.05) is 42.6 Å². The van der Waals surface area contributed by atoms with Crippen LogP contribution in [0, 0.1) is 18.3 Å². The maximum atomic E-state index is 13.4. The van der Waals surface area contributed by atoms with E-state index in [0.29, 0.717) is 17.9 Å². The summed E-state index contributed by atoms with van der Waals surface area (Å²) in [5.41, 5.74) is 8.00. The molecule has 0 saturated carbocycles. The number of pyridine rings is 2. The van der Waals surface area contributed by atoms with Gasteiger partial charge in [0.2, 0.25) is 5.88 Å². The Labute approximate surface area is 159 Å². The fraction of sp³-hybridized carbons (Fsp3) is 0.150. The molecule has 3 aromatic rings. The van der Waals surface area contributed by atoms with Crippen molar-refractivity contribution in [3.05, 3.63) is 91.6 Å². The number of hydrogen-bond donors (Lipinski definition) is 1. The first kappa shape index (κ1) is 17.1. The maximum Gasteiger partial charge on any atom is 0.259 e. The first-order valence-corrected chi connectivity index (χ1v) is 9.23. The van der Waals surface area contributed by atoms with Gasteiger partial charge in [-0.25, -0.2) is 0 Å². The second-order valence-electron chi connectivity index (χ2n) is 6.22. The van der Waals surface area contributed by atoms with Crippen LogP contribution in [0.15, 0.2) is 64.2 Å². The van der Waals surface area contributed by atoms with E-state index in [1.165, 1.54) is 11.3 Å². The number of ether oxygens (including phenoxy) is 1. The van der Waals surface area contributed by atoms with Gasteiger partial charge in [0.15, 0.2) is 0 Å². The van der Waals surface area contributed by atoms with E-state index in [1.54, 1.807) is 16.8 Å². The number of hydrogen-bond acceptors (Lipinski definition) is 6. The molecule has 4 rings (SSSR count). The Kier molecular flexibility index (Phi) is 4.26. The van der Waals surface area contributed by atoms with Crippen LogP contribution >= 0.6 is 11.3 Å². The van der Waals surface area contributed by atoms with E-state index >= 15 is 0 Å². The van der Waals surface area contributed by atoms with Crippen LogP contribution in [0.5, 0.6) is 5.75 Å². The summed E-state index contributed by atoms with van der Waals surface area (Å²) in [5.74, 6) is -0.0730. The van der Waals surface area contributed by atoms with Gasteiger partial charge >= 0.3 is 0 Å². The summed E-state index contributed by atoms with van der Waals surface area (Å²) >= 11 is 1.48. The fourth-order valence-corrected chi connectivity index (χ4v) is 4.12. The van der Waals surface area contributed by atoms with Crippen molar-refractivity contribution in [2.75, 3.05) is 0 Å². The average Bonchev–Trinajstić information content (AvgIpc) is 3.19. The Hall–Kier alpha value is -3.37. The van der Waals surface area contributed by atoms with Crippen LogP contribution < -0.4 is 16.0 Å². The van der Waals surface area contributed by atoms with Crippen LogP contribution in [-0.4, -0.2) is 9.55 Å². The largest absolute Gasteiger partial charge is 0.440 e. The summed E-state index contributed by atoms with van der Waals surface area (Å²) in [6.07, 6.45) is 1.70. The quantitative estimate of drug-likeness (QED) is 0.758. The minimum absolute atomic E-state index is 0.0460. The minimum Gasteiger partial charge on any atom is -0.440 e. The maximum absolute atomic E-state index is 13.4. The molecule has 0 bridgehead atoms. The van der Waals surface area contributed by atoms with Crippen molar-refractivity contribution in [3.8, 4) is 11.8 Å². The highest BCUT2D eigenvalue weighted by molar-refractivity contribution is 7.10. The molecule has 0 radical (unpaired) electrons. The molecule has 27 heavy (non-hydrogen) atoms. The molecule has 3 aromatic heterocycles. The zero-order valence-corrected chi connectivity index (χ0v) is 15.4. The number of nitrogens with two attached hydrogens (primary N) is 1. The van der Waals surface area contributed by atoms with Gasteiger partial charge in [0, 0.05) is 22.8 Å². The normalized spacial score (nSPS) is 15.8. The lowest BCUT2D eigenvalue weighted by molar-refractivity contribution is 0.389. The van der Waals surface area contributed by atoms with Gasteiger partial charge in [-0.3, -0.25) is 9.78 Å². The van der Waals surface area contributed by atoms with Gasteiger partial charge in [-0.05, 0) is 30.5 Å². The number of nitriles is 1. The van der Waals surface area contributed by atoms with E-state index in [9.17, 15) is 10.1 Å². The summed E-state index contributed by atoms with van der Waals surface area (Å²) < 4.78 is 7.30. The number of aromatic nitrogens is 2. The van der Waals surface area contributed by atoms with E-state index < -0.39 is 5.92 Å². The van der Waals surface area contributed by atoms with E-state index in [2.05, 4.69) is 11.1 Å². The summed E-state index contributed by atoms with van der Waals surface area (Å²) in [7, 11) is 0. The Bertz CT molecular complexity index is 1130. The van der Waals surface area contributed by atoms with Crippen molar-refractivity contribution in [1.82, 2.24) is 9.55 Å². The van der Waals surface area contributed by atoms with Gasteiger partial charge in [-0.2, -0.15) is 5.26 Å². The molecule has 0 aliphatic carbocycles. The summed E-state index contributed by atoms with van der Waals surface area (Å²) in [6.45, 7) is 2.19. The number of allylic oxidation sites excluding steroid dienone is 1. The number of thiophene rings is 1. The van der Waals surface area contributed by atoms with Crippen molar-refractivity contribution in [1.29, 1.82) is 5.26 Å². The summed E-state index contributed by atoms with van der Waals surface area (Å²) in [6, 6.07) is 13.3. The molecule has 0 saturated heterocycles. The zero-order valence-electron chi connectivity index (χ0n) is 14.5. The number of fused-ring (bicyclic) bond motifs is 1. The van der Waals surface area contributed by atoms with E-state index in [-0.39, 0.29) is 17.0 Å². The molecule has 1 aliphatic rings. The van der Waals surface area contributed by atoms with E-state index in [0.717, 1.165) is 16.3 Å². The monoisotopic (exact) mass is 376 g/mol. The molecule has 2 N–H and O–H groups in total. The molecule has 1 aliphatic heterocycles. The third-order valence-electron chi connectivity index (χ3n) is 4.56. The van der Waals surface area contributed by atoms with Crippen molar-refractivity contribution >= 4 is 11.3 Å². The molecule has 0 spiro atoms. The second kappa shape index (κ2) is 6.74. The minimum atomic E-state index is -0.526. The molecule has 0 unspecified atom stereocenters. The predicted molar refractivity (Wildman–Crippen MR) is 102 cm³/mol. The fourth-order valence-electron chi connectivity index (χ4n) is 3.28. The highest BCUT2D eigenvalue weighted by atomic mass is 32.1. The predicted octanol–water partition coefficient (Wildman–Crippen LogP) is 2.88. The molecular formula is C20H16N4O2S. The van der Waals surface area contributed by atoms with Crippen LogP contribution in [-0.2, 0) is 6.54 Å². The molecule has 134 valence electrons. The van der Waals surface area contributed by atoms with Crippen LogP contribution in [0.4, 0.5) is 0 Å². The first-order chi connectivity index (χ1) is 13.1. The second-order valence-corrected chi connectivity index (χ2v) is 7.20. The van der Waals surface area contributed by atoms with Crippen LogP contribution in [0.3, 0.4) is 0 Å². The molecule has 6 nitrogen and oxygen atoms in total. The molecule has 0 fully saturated rings. The van der Waals surface area contributed by atoms with Crippen LogP contribution in [0.2, 0.25) is 0 Å². The molecule has 7 heteroatoms. The zero-order chi connectivity index (χ0) is 19.0. The third-order valence-corrected chi connectivity index (χ3v) is 5.50. The number of rotatable bonds is 3. The van der Waals surface area contributed by atoms with Crippen molar-refractivity contribution in [2.24, 2.45) is 5.73 Å². The van der Waals surface area contributed by atoms with Crippen LogP contribution in [0.1, 0.15) is 27.7 Å². The molecular weight excluding hydrogens is 360 g/mol. The van der Waals surface area contributed by atoms with Gasteiger partial charge in [0.25, 0.3) is 5.56 Å². The van der Waals surface area contributed by atoms with Gasteiger partial charge < -0.3 is 15.0 Å². The van der Waals surface area contributed by atoms with Gasteiger partial charge in [0.05, 0.1) is 23.7 Å². The highest BCUT2D eigenvalue weighted by Crippen LogP contribution is 2.41. The molecule has 4 heterocycles. The SMILES string of the molecule is Cc1cc2c(c(=O)n1Cc1ccccn1)[C@@H](c1cccs1)C(C#N)=C(N)O2. The number of aryl methyl sites for hydroxylation is 1. The Morgan fingerprint density at radius 3 is 2.89 bits per heavy atom. The molecule has 0 aromatic carbocycles. The first-order valence-electron chi connectivity index (χ1n) is 8.35. The van der Waals surface area contributed by atoms with Gasteiger partial charge in [0.1, 0.15) is 17.4 Å². The van der Waals surface area contributed by atoms with Crippen molar-refractivity contribution in [3.63, 3.8) is 0 Å². The Morgan fingerprint density at radius 1 is 1.37 bits per heavy atom. The standard InChI is InChI=1S/C20H16N4O2S/c1-12-9-15-18(20(25)24(12)11-13-5-2-3-7-23-13)17(16-6-4-8-27-16)14(10-21)19(22)26-15/h2-9,17H,11,22H2,1H3/t17-/m1/s1.